The van der Waals surface area contributed by atoms with Gasteiger partial charge in [0.15, 0.2) is 5.82 Å². The molecule has 3 rings (SSSR count). The van der Waals surface area contributed by atoms with E-state index in [1.807, 2.05) is 10.6 Å². The van der Waals surface area contributed by atoms with E-state index in [4.69, 9.17) is 0 Å². The number of carbonyl (C=O) groups excluding carboxylic acids is 1. The van der Waals surface area contributed by atoms with Crippen LogP contribution in [0.1, 0.15) is 49.8 Å². The molecule has 6 heteroatoms. The second-order valence-electron chi connectivity index (χ2n) is 7.70. The lowest BCUT2D eigenvalue weighted by molar-refractivity contribution is 0.0729. The quantitative estimate of drug-likeness (QED) is 0.508. The van der Waals surface area contributed by atoms with Gasteiger partial charge in [0, 0.05) is 18.7 Å². The molecule has 0 N–H and O–H groups in total. The van der Waals surface area contributed by atoms with Gasteiger partial charge in [0.25, 0.3) is 5.91 Å². The summed E-state index contributed by atoms with van der Waals surface area (Å²) < 4.78 is 29.5. The molecule has 154 valence electrons. The van der Waals surface area contributed by atoms with Crippen molar-refractivity contribution in [2.45, 2.75) is 46.7 Å². The average molecular weight is 399 g/mol. The Hall–Kier alpha value is -2.76. The molecule has 29 heavy (non-hydrogen) atoms. The first-order valence-corrected chi connectivity index (χ1v) is 10.1. The van der Waals surface area contributed by atoms with Crippen LogP contribution in [-0.2, 0) is 13.1 Å². The highest BCUT2D eigenvalue weighted by Gasteiger charge is 2.21. The van der Waals surface area contributed by atoms with Crippen LogP contribution < -0.4 is 0 Å². The van der Waals surface area contributed by atoms with Crippen LogP contribution in [0.25, 0.3) is 11.0 Å². The summed E-state index contributed by atoms with van der Waals surface area (Å²) in [6.07, 6.45) is 1.70. The largest absolute Gasteiger partial charge is 0.331 e. The molecule has 0 aliphatic carbocycles. The van der Waals surface area contributed by atoms with E-state index in [1.165, 1.54) is 30.3 Å². The number of imidazole rings is 1. The summed E-state index contributed by atoms with van der Waals surface area (Å²) >= 11 is 0. The molecule has 0 saturated heterocycles. The summed E-state index contributed by atoms with van der Waals surface area (Å²) in [6, 6.07) is 10.5. The Morgan fingerprint density at radius 1 is 1.14 bits per heavy atom. The zero-order valence-corrected chi connectivity index (χ0v) is 17.2. The van der Waals surface area contributed by atoms with Gasteiger partial charge in [-0.05, 0) is 55.2 Å². The molecule has 0 unspecified atom stereocenters. The van der Waals surface area contributed by atoms with E-state index in [9.17, 15) is 13.6 Å². The Kier molecular flexibility index (Phi) is 6.62. The number of hydrogen-bond acceptors (Lipinski definition) is 2. The number of hydrogen-bond donors (Lipinski definition) is 0. The monoisotopic (exact) mass is 399 g/mol. The highest BCUT2D eigenvalue weighted by atomic mass is 19.1. The van der Waals surface area contributed by atoms with Gasteiger partial charge >= 0.3 is 0 Å². The summed E-state index contributed by atoms with van der Waals surface area (Å²) in [5.74, 6) is 0.158. The molecular formula is C23H27F2N3O. The van der Waals surface area contributed by atoms with Gasteiger partial charge in [0.1, 0.15) is 17.2 Å². The minimum absolute atomic E-state index is 0.179. The van der Waals surface area contributed by atoms with Crippen LogP contribution >= 0.6 is 0 Å². The fourth-order valence-electron chi connectivity index (χ4n) is 3.37. The molecule has 0 aliphatic rings. The highest BCUT2D eigenvalue weighted by molar-refractivity contribution is 5.94. The molecule has 0 bridgehead atoms. The molecule has 0 radical (unpaired) electrons. The molecule has 0 atom stereocenters. The van der Waals surface area contributed by atoms with E-state index >= 15 is 0 Å². The van der Waals surface area contributed by atoms with Crippen molar-refractivity contribution in [3.63, 3.8) is 0 Å². The first-order chi connectivity index (χ1) is 13.9. The van der Waals surface area contributed by atoms with Crippen LogP contribution in [0.15, 0.2) is 42.5 Å². The van der Waals surface area contributed by atoms with Gasteiger partial charge in [0.05, 0.1) is 12.1 Å². The van der Waals surface area contributed by atoms with Crippen LogP contribution in [0, 0.1) is 17.6 Å². The maximum Gasteiger partial charge on any atom is 0.254 e. The van der Waals surface area contributed by atoms with Gasteiger partial charge in [-0.15, -0.1) is 0 Å². The number of nitrogens with zero attached hydrogens (tertiary/aromatic N) is 3. The van der Waals surface area contributed by atoms with E-state index in [1.54, 1.807) is 11.0 Å². The summed E-state index contributed by atoms with van der Waals surface area (Å²) in [7, 11) is 0. The van der Waals surface area contributed by atoms with Crippen molar-refractivity contribution in [3.05, 3.63) is 65.5 Å². The first-order valence-electron chi connectivity index (χ1n) is 10.1. The molecule has 0 fully saturated rings. The zero-order chi connectivity index (χ0) is 21.0. The third-order valence-corrected chi connectivity index (χ3v) is 4.94. The summed E-state index contributed by atoms with van der Waals surface area (Å²) in [5, 5.41) is 0. The van der Waals surface area contributed by atoms with Gasteiger partial charge in [0.2, 0.25) is 0 Å². The summed E-state index contributed by atoms with van der Waals surface area (Å²) in [4.78, 5) is 19.4. The van der Waals surface area contributed by atoms with E-state index < -0.39 is 0 Å². The minimum atomic E-state index is -0.379. The number of carbonyl (C=O) groups is 1. The van der Waals surface area contributed by atoms with Crippen LogP contribution in [0.5, 0.6) is 0 Å². The van der Waals surface area contributed by atoms with Crippen molar-refractivity contribution < 1.29 is 13.6 Å². The molecule has 1 aromatic heterocycles. The third-order valence-electron chi connectivity index (χ3n) is 4.94. The molecule has 3 aromatic rings. The minimum Gasteiger partial charge on any atom is -0.331 e. The standard InChI is InChI=1S/C23H27F2N3O/c1-4-13-28-20-7-5-6-19(25)22(20)26-21(28)15-27(14-12-16(2)3)23(29)17-8-10-18(24)11-9-17/h5-11,16H,4,12-15H2,1-3H3. The van der Waals surface area contributed by atoms with Crippen molar-refractivity contribution >= 4 is 16.9 Å². The molecule has 0 spiro atoms. The number of halogens is 2. The molecule has 2 aromatic carbocycles. The summed E-state index contributed by atoms with van der Waals surface area (Å²) in [5.41, 5.74) is 1.49. The fraction of sp³-hybridized carbons (Fsp3) is 0.391. The van der Waals surface area contributed by atoms with Crippen LogP contribution in [0.3, 0.4) is 0 Å². The number of amides is 1. The average Bonchev–Trinajstić information content (AvgIpc) is 3.04. The van der Waals surface area contributed by atoms with E-state index in [-0.39, 0.29) is 24.1 Å². The second-order valence-corrected chi connectivity index (χ2v) is 7.70. The Bertz CT molecular complexity index is 980. The number of para-hydroxylation sites is 1. The second kappa shape index (κ2) is 9.16. The number of aryl methyl sites for hydroxylation is 1. The topological polar surface area (TPSA) is 38.1 Å². The Balaban J connectivity index is 1.96. The molecular weight excluding hydrogens is 372 g/mol. The smallest absolute Gasteiger partial charge is 0.254 e. The van der Waals surface area contributed by atoms with Gasteiger partial charge in [-0.1, -0.05) is 26.8 Å². The van der Waals surface area contributed by atoms with Gasteiger partial charge in [-0.25, -0.2) is 13.8 Å². The van der Waals surface area contributed by atoms with Gasteiger partial charge < -0.3 is 9.47 Å². The van der Waals surface area contributed by atoms with Crippen LogP contribution in [0.2, 0.25) is 0 Å². The normalized spacial score (nSPS) is 11.4. The van der Waals surface area contributed by atoms with Crippen molar-refractivity contribution in [2.75, 3.05) is 6.54 Å². The first kappa shape index (κ1) is 21.0. The predicted molar refractivity (Wildman–Crippen MR) is 111 cm³/mol. The Morgan fingerprint density at radius 3 is 2.52 bits per heavy atom. The number of rotatable bonds is 8. The lowest BCUT2D eigenvalue weighted by Crippen LogP contribution is -2.33. The molecule has 0 aliphatic heterocycles. The van der Waals surface area contributed by atoms with E-state index in [2.05, 4.69) is 25.8 Å². The van der Waals surface area contributed by atoms with Gasteiger partial charge in [-0.2, -0.15) is 0 Å². The third kappa shape index (κ3) is 4.81. The predicted octanol–water partition coefficient (Wildman–Crippen LogP) is 5.41. The van der Waals surface area contributed by atoms with Crippen molar-refractivity contribution in [1.29, 1.82) is 0 Å². The van der Waals surface area contributed by atoms with Crippen molar-refractivity contribution in [2.24, 2.45) is 5.92 Å². The van der Waals surface area contributed by atoms with E-state index in [0.717, 1.165) is 18.4 Å². The SMILES string of the molecule is CCCn1c(CN(CCC(C)C)C(=O)c2ccc(F)cc2)nc2c(F)cccc21. The van der Waals surface area contributed by atoms with Gasteiger partial charge in [-0.3, -0.25) is 4.79 Å². The van der Waals surface area contributed by atoms with Crippen LogP contribution in [-0.4, -0.2) is 26.9 Å². The number of benzene rings is 2. The molecule has 1 amide bonds. The molecule has 0 saturated carbocycles. The van der Waals surface area contributed by atoms with Crippen LogP contribution in [0.4, 0.5) is 8.78 Å². The maximum absolute atomic E-state index is 14.3. The number of fused-ring (bicyclic) bond motifs is 1. The summed E-state index contributed by atoms with van der Waals surface area (Å²) in [6.45, 7) is 7.76. The molecule has 1 heterocycles. The van der Waals surface area contributed by atoms with E-state index in [0.29, 0.717) is 35.9 Å². The maximum atomic E-state index is 14.3. The lowest BCUT2D eigenvalue weighted by Gasteiger charge is -2.24. The lowest BCUT2D eigenvalue weighted by atomic mass is 10.1. The molecule has 4 nitrogen and oxygen atoms in total. The fourth-order valence-corrected chi connectivity index (χ4v) is 3.37. The zero-order valence-electron chi connectivity index (χ0n) is 17.2. The van der Waals surface area contributed by atoms with Crippen molar-refractivity contribution in [3.8, 4) is 0 Å². The Labute approximate surface area is 170 Å². The Morgan fingerprint density at radius 2 is 1.86 bits per heavy atom. The highest BCUT2D eigenvalue weighted by Crippen LogP contribution is 2.22. The number of aromatic nitrogens is 2. The van der Waals surface area contributed by atoms with Crippen molar-refractivity contribution in [1.82, 2.24) is 14.5 Å².